The number of hydrogen-bond donors (Lipinski definition) is 1. The maximum atomic E-state index is 6.06. The molecule has 0 aliphatic carbocycles. The molecule has 5 nitrogen and oxygen atoms in total. The zero-order valence-electron chi connectivity index (χ0n) is 12.9. The van der Waals surface area contributed by atoms with Crippen LogP contribution in [-0.2, 0) is 0 Å². The SMILES string of the molecule is CN=C(N=C(N)c1ccc(OC)cc1)c1ccc(OC)cc1. The molecule has 2 aromatic rings. The standard InChI is InChI=1S/C17H19N3O2/c1-19-17(13-6-10-15(22-3)11-7-13)20-16(18)12-4-8-14(21-2)9-5-12/h4-11H,1-3H3,(H2,18,19,20). The third kappa shape index (κ3) is 3.63. The molecule has 5 heteroatoms. The number of rotatable bonds is 4. The zero-order chi connectivity index (χ0) is 15.9. The fourth-order valence-corrected chi connectivity index (χ4v) is 1.92. The summed E-state index contributed by atoms with van der Waals surface area (Å²) in [5, 5.41) is 0. The van der Waals surface area contributed by atoms with Crippen LogP contribution in [0.2, 0.25) is 0 Å². The van der Waals surface area contributed by atoms with Gasteiger partial charge in [0.15, 0.2) is 5.84 Å². The smallest absolute Gasteiger partial charge is 0.156 e. The summed E-state index contributed by atoms with van der Waals surface area (Å²) in [6, 6.07) is 14.9. The van der Waals surface area contributed by atoms with Crippen LogP contribution in [0, 0.1) is 0 Å². The molecule has 114 valence electrons. The van der Waals surface area contributed by atoms with E-state index in [1.54, 1.807) is 21.3 Å². The van der Waals surface area contributed by atoms with Gasteiger partial charge in [0.05, 0.1) is 14.2 Å². The third-order valence-electron chi connectivity index (χ3n) is 3.17. The van der Waals surface area contributed by atoms with Crippen LogP contribution in [0.5, 0.6) is 11.5 Å². The molecule has 2 rings (SSSR count). The molecule has 0 heterocycles. The third-order valence-corrected chi connectivity index (χ3v) is 3.17. The molecule has 0 aliphatic heterocycles. The molecule has 0 aromatic heterocycles. The first-order chi connectivity index (χ1) is 10.7. The summed E-state index contributed by atoms with van der Waals surface area (Å²) in [4.78, 5) is 8.61. The van der Waals surface area contributed by atoms with E-state index in [0.717, 1.165) is 22.6 Å². The lowest BCUT2D eigenvalue weighted by Gasteiger charge is -2.06. The summed E-state index contributed by atoms with van der Waals surface area (Å²) >= 11 is 0. The summed E-state index contributed by atoms with van der Waals surface area (Å²) in [7, 11) is 4.94. The van der Waals surface area contributed by atoms with E-state index in [9.17, 15) is 0 Å². The van der Waals surface area contributed by atoms with E-state index in [1.165, 1.54) is 0 Å². The summed E-state index contributed by atoms with van der Waals surface area (Å²) < 4.78 is 10.3. The van der Waals surface area contributed by atoms with E-state index >= 15 is 0 Å². The zero-order valence-corrected chi connectivity index (χ0v) is 12.9. The van der Waals surface area contributed by atoms with Crippen LogP contribution >= 0.6 is 0 Å². The molecule has 0 saturated carbocycles. The van der Waals surface area contributed by atoms with Gasteiger partial charge in [-0.25, -0.2) is 4.99 Å². The molecule has 0 spiro atoms. The van der Waals surface area contributed by atoms with Crippen LogP contribution in [0.3, 0.4) is 0 Å². The minimum atomic E-state index is 0.402. The minimum absolute atomic E-state index is 0.402. The van der Waals surface area contributed by atoms with Crippen LogP contribution in [-0.4, -0.2) is 32.9 Å². The first kappa shape index (κ1) is 15.6. The topological polar surface area (TPSA) is 69.2 Å². The molecule has 0 atom stereocenters. The van der Waals surface area contributed by atoms with Crippen molar-refractivity contribution in [2.24, 2.45) is 15.7 Å². The Morgan fingerprint density at radius 2 is 1.27 bits per heavy atom. The highest BCUT2D eigenvalue weighted by Crippen LogP contribution is 2.14. The minimum Gasteiger partial charge on any atom is -0.497 e. The number of amidine groups is 2. The summed E-state index contributed by atoms with van der Waals surface area (Å²) in [6.45, 7) is 0. The molecule has 0 aliphatic rings. The fourth-order valence-electron chi connectivity index (χ4n) is 1.92. The number of nitrogens with two attached hydrogens (primary N) is 1. The normalized spacial score (nSPS) is 12.1. The maximum absolute atomic E-state index is 6.06. The van der Waals surface area contributed by atoms with Gasteiger partial charge in [-0.1, -0.05) is 0 Å². The number of ether oxygens (including phenoxy) is 2. The molecule has 0 amide bonds. The van der Waals surface area contributed by atoms with Gasteiger partial charge < -0.3 is 15.2 Å². The first-order valence-electron chi connectivity index (χ1n) is 6.77. The Kier molecular flexibility index (Phi) is 5.14. The van der Waals surface area contributed by atoms with Crippen molar-refractivity contribution in [1.29, 1.82) is 0 Å². The second kappa shape index (κ2) is 7.26. The molecule has 2 aromatic carbocycles. The monoisotopic (exact) mass is 297 g/mol. The number of hydrogen-bond acceptors (Lipinski definition) is 3. The van der Waals surface area contributed by atoms with Gasteiger partial charge in [0, 0.05) is 18.2 Å². The predicted octanol–water partition coefficient (Wildman–Crippen LogP) is 2.49. The molecular weight excluding hydrogens is 278 g/mol. The van der Waals surface area contributed by atoms with E-state index in [4.69, 9.17) is 15.2 Å². The number of methoxy groups -OCH3 is 2. The van der Waals surface area contributed by atoms with Crippen molar-refractivity contribution < 1.29 is 9.47 Å². The predicted molar refractivity (Wildman–Crippen MR) is 89.2 cm³/mol. The Morgan fingerprint density at radius 3 is 1.68 bits per heavy atom. The largest absolute Gasteiger partial charge is 0.497 e. The van der Waals surface area contributed by atoms with Gasteiger partial charge >= 0.3 is 0 Å². The van der Waals surface area contributed by atoms with E-state index in [0.29, 0.717) is 11.7 Å². The van der Waals surface area contributed by atoms with Gasteiger partial charge in [-0.2, -0.15) is 0 Å². The van der Waals surface area contributed by atoms with Gasteiger partial charge in [0.1, 0.15) is 17.3 Å². The molecule has 2 N–H and O–H groups in total. The van der Waals surface area contributed by atoms with Crippen LogP contribution in [0.25, 0.3) is 0 Å². The van der Waals surface area contributed by atoms with Crippen LogP contribution in [0.15, 0.2) is 58.5 Å². The molecule has 22 heavy (non-hydrogen) atoms. The fraction of sp³-hybridized carbons (Fsp3) is 0.176. The quantitative estimate of drug-likeness (QED) is 0.696. The molecule has 0 unspecified atom stereocenters. The van der Waals surface area contributed by atoms with Crippen LogP contribution in [0.1, 0.15) is 11.1 Å². The number of aliphatic imine (C=N–C) groups is 2. The Bertz CT molecular complexity index is 674. The van der Waals surface area contributed by atoms with Crippen molar-refractivity contribution in [3.05, 3.63) is 59.7 Å². The summed E-state index contributed by atoms with van der Waals surface area (Å²) in [6.07, 6.45) is 0. The van der Waals surface area contributed by atoms with Crippen molar-refractivity contribution in [2.45, 2.75) is 0 Å². The van der Waals surface area contributed by atoms with Gasteiger partial charge in [-0.05, 0) is 48.5 Å². The summed E-state index contributed by atoms with van der Waals surface area (Å²) in [5.41, 5.74) is 7.75. The van der Waals surface area contributed by atoms with E-state index in [2.05, 4.69) is 9.98 Å². The highest BCUT2D eigenvalue weighted by atomic mass is 16.5. The van der Waals surface area contributed by atoms with E-state index < -0.39 is 0 Å². The highest BCUT2D eigenvalue weighted by molar-refractivity contribution is 6.10. The van der Waals surface area contributed by atoms with Crippen molar-refractivity contribution in [3.63, 3.8) is 0 Å². The van der Waals surface area contributed by atoms with E-state index in [-0.39, 0.29) is 0 Å². The molecule has 0 saturated heterocycles. The lowest BCUT2D eigenvalue weighted by atomic mass is 10.2. The average Bonchev–Trinajstić information content (AvgIpc) is 2.59. The van der Waals surface area contributed by atoms with Crippen molar-refractivity contribution in [1.82, 2.24) is 0 Å². The van der Waals surface area contributed by atoms with E-state index in [1.807, 2.05) is 48.5 Å². The molecule has 0 fully saturated rings. The summed E-state index contributed by atoms with van der Waals surface area (Å²) in [5.74, 6) is 2.53. The number of benzene rings is 2. The van der Waals surface area contributed by atoms with Crippen LogP contribution in [0.4, 0.5) is 0 Å². The Hall–Kier alpha value is -2.82. The van der Waals surface area contributed by atoms with Gasteiger partial charge in [-0.15, -0.1) is 0 Å². The first-order valence-corrected chi connectivity index (χ1v) is 6.77. The van der Waals surface area contributed by atoms with Crippen molar-refractivity contribution in [2.75, 3.05) is 21.3 Å². The lowest BCUT2D eigenvalue weighted by Crippen LogP contribution is -2.16. The Morgan fingerprint density at radius 1 is 0.818 bits per heavy atom. The van der Waals surface area contributed by atoms with Crippen molar-refractivity contribution >= 4 is 11.7 Å². The van der Waals surface area contributed by atoms with Crippen LogP contribution < -0.4 is 15.2 Å². The van der Waals surface area contributed by atoms with Gasteiger partial charge in [0.2, 0.25) is 0 Å². The second-order valence-corrected chi connectivity index (χ2v) is 4.50. The second-order valence-electron chi connectivity index (χ2n) is 4.50. The Labute approximate surface area is 130 Å². The van der Waals surface area contributed by atoms with Gasteiger partial charge in [-0.3, -0.25) is 4.99 Å². The number of nitrogens with zero attached hydrogens (tertiary/aromatic N) is 2. The molecule has 0 radical (unpaired) electrons. The van der Waals surface area contributed by atoms with Gasteiger partial charge in [0.25, 0.3) is 0 Å². The lowest BCUT2D eigenvalue weighted by molar-refractivity contribution is 0.414. The molecular formula is C17H19N3O2. The molecule has 0 bridgehead atoms. The Balaban J connectivity index is 2.26. The highest BCUT2D eigenvalue weighted by Gasteiger charge is 2.05. The van der Waals surface area contributed by atoms with Crippen molar-refractivity contribution in [3.8, 4) is 11.5 Å². The average molecular weight is 297 g/mol. The maximum Gasteiger partial charge on any atom is 0.156 e.